The van der Waals surface area contributed by atoms with Gasteiger partial charge in [0.05, 0.1) is 24.7 Å². The highest BCUT2D eigenvalue weighted by atomic mass is 16.3. The zero-order valence-electron chi connectivity index (χ0n) is 8.56. The molecule has 2 saturated heterocycles. The molecule has 2 heterocycles. The summed E-state index contributed by atoms with van der Waals surface area (Å²) in [5.41, 5.74) is 0. The van der Waals surface area contributed by atoms with Gasteiger partial charge in [-0.05, 0) is 6.92 Å². The highest BCUT2D eigenvalue weighted by Crippen LogP contribution is 2.15. The molecule has 0 aromatic heterocycles. The minimum atomic E-state index is -0.508. The molecule has 3 unspecified atom stereocenters. The zero-order valence-corrected chi connectivity index (χ0v) is 8.56. The average Bonchev–Trinajstić information content (AvgIpc) is 2.58. The van der Waals surface area contributed by atoms with Gasteiger partial charge in [0.15, 0.2) is 0 Å². The number of nitrogens with one attached hydrogen (secondary N) is 2. The van der Waals surface area contributed by atoms with Gasteiger partial charge < -0.3 is 10.4 Å². The van der Waals surface area contributed by atoms with Crippen molar-refractivity contribution in [2.75, 3.05) is 19.6 Å². The van der Waals surface area contributed by atoms with E-state index in [2.05, 4.69) is 10.6 Å². The van der Waals surface area contributed by atoms with Crippen LogP contribution in [0, 0.1) is 0 Å². The number of amides is 2. The second-order valence-corrected chi connectivity index (χ2v) is 4.05. The van der Waals surface area contributed by atoms with Crippen LogP contribution in [-0.2, 0) is 9.59 Å². The molecule has 6 heteroatoms. The number of nitrogens with zero attached hydrogens (tertiary/aromatic N) is 1. The van der Waals surface area contributed by atoms with E-state index in [0.29, 0.717) is 13.1 Å². The summed E-state index contributed by atoms with van der Waals surface area (Å²) in [6.45, 7) is 3.05. The van der Waals surface area contributed by atoms with Crippen LogP contribution in [0.15, 0.2) is 0 Å². The first-order chi connectivity index (χ1) is 7.09. The number of rotatable bonds is 1. The Kier molecular flexibility index (Phi) is 2.72. The fourth-order valence-electron chi connectivity index (χ4n) is 2.13. The van der Waals surface area contributed by atoms with Crippen molar-refractivity contribution in [2.24, 2.45) is 0 Å². The minimum absolute atomic E-state index is 0.144. The Balaban J connectivity index is 2.12. The van der Waals surface area contributed by atoms with Gasteiger partial charge in [0, 0.05) is 13.1 Å². The molecule has 2 aliphatic rings. The van der Waals surface area contributed by atoms with Crippen LogP contribution in [0.25, 0.3) is 0 Å². The molecule has 0 bridgehead atoms. The maximum atomic E-state index is 11.4. The Bertz CT molecular complexity index is 294. The topological polar surface area (TPSA) is 81.7 Å². The lowest BCUT2D eigenvalue weighted by molar-refractivity contribution is -0.141. The lowest BCUT2D eigenvalue weighted by Crippen LogP contribution is -2.61. The molecule has 3 atom stereocenters. The summed E-state index contributed by atoms with van der Waals surface area (Å²) >= 11 is 0. The second kappa shape index (κ2) is 3.88. The fraction of sp³-hybridized carbons (Fsp3) is 0.778. The minimum Gasteiger partial charge on any atom is -0.390 e. The van der Waals surface area contributed by atoms with E-state index in [4.69, 9.17) is 0 Å². The molecule has 2 rings (SSSR count). The Morgan fingerprint density at radius 3 is 2.73 bits per heavy atom. The third-order valence-corrected chi connectivity index (χ3v) is 3.04. The number of carbonyl (C=O) groups is 2. The van der Waals surface area contributed by atoms with Gasteiger partial charge in [-0.3, -0.25) is 19.8 Å². The number of hydrogen-bond donors (Lipinski definition) is 3. The molecule has 0 spiro atoms. The van der Waals surface area contributed by atoms with Crippen molar-refractivity contribution in [1.29, 1.82) is 0 Å². The van der Waals surface area contributed by atoms with E-state index in [1.165, 1.54) is 0 Å². The predicted octanol–water partition coefficient (Wildman–Crippen LogP) is -2.33. The maximum Gasteiger partial charge on any atom is 0.243 e. The number of piperazine rings is 1. The van der Waals surface area contributed by atoms with Crippen LogP contribution in [-0.4, -0.2) is 59.6 Å². The zero-order chi connectivity index (χ0) is 11.0. The second-order valence-electron chi connectivity index (χ2n) is 4.05. The SMILES string of the molecule is CC1C(=O)NC(=O)CN1C1CNCC1O. The number of hydrogen-bond acceptors (Lipinski definition) is 5. The van der Waals surface area contributed by atoms with Gasteiger partial charge in [-0.25, -0.2) is 0 Å². The molecule has 2 amide bonds. The van der Waals surface area contributed by atoms with Gasteiger partial charge in [-0.1, -0.05) is 0 Å². The van der Waals surface area contributed by atoms with Crippen LogP contribution in [0.2, 0.25) is 0 Å². The molecule has 2 aliphatic heterocycles. The number of aliphatic hydroxyl groups excluding tert-OH is 1. The molecular formula is C9H15N3O3. The van der Waals surface area contributed by atoms with E-state index >= 15 is 0 Å². The van der Waals surface area contributed by atoms with Crippen LogP contribution < -0.4 is 10.6 Å². The summed E-state index contributed by atoms with van der Waals surface area (Å²) in [6.07, 6.45) is -0.508. The highest BCUT2D eigenvalue weighted by molar-refractivity contribution is 6.00. The quantitative estimate of drug-likeness (QED) is 0.425. The molecule has 0 saturated carbocycles. The van der Waals surface area contributed by atoms with Gasteiger partial charge in [0.2, 0.25) is 11.8 Å². The van der Waals surface area contributed by atoms with Crippen molar-refractivity contribution in [3.63, 3.8) is 0 Å². The Morgan fingerprint density at radius 2 is 2.13 bits per heavy atom. The van der Waals surface area contributed by atoms with Crippen molar-refractivity contribution in [2.45, 2.75) is 25.1 Å². The van der Waals surface area contributed by atoms with Gasteiger partial charge in [0.25, 0.3) is 0 Å². The Hall–Kier alpha value is -0.980. The molecule has 2 fully saturated rings. The first-order valence-corrected chi connectivity index (χ1v) is 5.08. The molecule has 0 aromatic rings. The Morgan fingerprint density at radius 1 is 1.40 bits per heavy atom. The van der Waals surface area contributed by atoms with E-state index < -0.39 is 6.10 Å². The summed E-state index contributed by atoms with van der Waals surface area (Å²) < 4.78 is 0. The first kappa shape index (κ1) is 10.5. The lowest BCUT2D eigenvalue weighted by Gasteiger charge is -2.37. The van der Waals surface area contributed by atoms with E-state index in [-0.39, 0.29) is 30.4 Å². The number of aliphatic hydroxyl groups is 1. The standard InChI is InChI=1S/C9H15N3O3/c1-5-9(15)11-8(14)4-12(5)6-2-10-3-7(6)13/h5-7,10,13H,2-4H2,1H3,(H,11,14,15). The number of imide groups is 1. The fourth-order valence-corrected chi connectivity index (χ4v) is 2.13. The van der Waals surface area contributed by atoms with E-state index in [0.717, 1.165) is 0 Å². The predicted molar refractivity (Wildman–Crippen MR) is 52.0 cm³/mol. The van der Waals surface area contributed by atoms with Crippen molar-refractivity contribution in [1.82, 2.24) is 15.5 Å². The van der Waals surface area contributed by atoms with Gasteiger partial charge in [-0.2, -0.15) is 0 Å². The molecule has 0 aromatic carbocycles. The van der Waals surface area contributed by atoms with E-state index in [1.807, 2.05) is 0 Å². The van der Waals surface area contributed by atoms with Crippen LogP contribution in [0.3, 0.4) is 0 Å². The van der Waals surface area contributed by atoms with Crippen molar-refractivity contribution < 1.29 is 14.7 Å². The molecular weight excluding hydrogens is 198 g/mol. The van der Waals surface area contributed by atoms with Crippen molar-refractivity contribution in [3.05, 3.63) is 0 Å². The summed E-state index contributed by atoms with van der Waals surface area (Å²) in [5.74, 6) is -0.581. The van der Waals surface area contributed by atoms with E-state index in [1.54, 1.807) is 11.8 Å². The van der Waals surface area contributed by atoms with Gasteiger partial charge in [-0.15, -0.1) is 0 Å². The largest absolute Gasteiger partial charge is 0.390 e. The molecule has 15 heavy (non-hydrogen) atoms. The molecule has 84 valence electrons. The average molecular weight is 213 g/mol. The van der Waals surface area contributed by atoms with Crippen molar-refractivity contribution >= 4 is 11.8 Å². The molecule has 6 nitrogen and oxygen atoms in total. The third kappa shape index (κ3) is 1.88. The molecule has 0 radical (unpaired) electrons. The van der Waals surface area contributed by atoms with Crippen LogP contribution in [0.4, 0.5) is 0 Å². The highest BCUT2D eigenvalue weighted by Gasteiger charge is 2.39. The number of carbonyl (C=O) groups excluding carboxylic acids is 2. The van der Waals surface area contributed by atoms with Crippen LogP contribution in [0.1, 0.15) is 6.92 Å². The Labute approximate surface area is 87.6 Å². The summed E-state index contributed by atoms with van der Waals surface area (Å²) in [6, 6.07) is -0.503. The van der Waals surface area contributed by atoms with Crippen molar-refractivity contribution in [3.8, 4) is 0 Å². The van der Waals surface area contributed by atoms with Gasteiger partial charge in [0.1, 0.15) is 0 Å². The summed E-state index contributed by atoms with van der Waals surface area (Å²) in [4.78, 5) is 24.4. The molecule has 3 N–H and O–H groups in total. The van der Waals surface area contributed by atoms with Crippen LogP contribution >= 0.6 is 0 Å². The van der Waals surface area contributed by atoms with E-state index in [9.17, 15) is 14.7 Å². The third-order valence-electron chi connectivity index (χ3n) is 3.04. The lowest BCUT2D eigenvalue weighted by atomic mass is 10.1. The monoisotopic (exact) mass is 213 g/mol. The number of β-amino-alcohol motifs (C(OH)–C–C–N with tert-alkyl or cyclic N) is 1. The normalized spacial score (nSPS) is 38.1. The summed E-state index contributed by atoms with van der Waals surface area (Å²) in [5, 5.41) is 15.0. The van der Waals surface area contributed by atoms with Gasteiger partial charge >= 0.3 is 0 Å². The maximum absolute atomic E-state index is 11.4. The van der Waals surface area contributed by atoms with Crippen LogP contribution in [0.5, 0.6) is 0 Å². The smallest absolute Gasteiger partial charge is 0.243 e. The first-order valence-electron chi connectivity index (χ1n) is 5.08. The molecule has 0 aliphatic carbocycles. The summed E-state index contributed by atoms with van der Waals surface area (Å²) in [7, 11) is 0.